The fraction of sp³-hybridized carbons (Fsp3) is 0.294. The van der Waals surface area contributed by atoms with Crippen molar-refractivity contribution in [3.8, 4) is 39.8 Å². The zero-order valence-electron chi connectivity index (χ0n) is 36.2. The van der Waals surface area contributed by atoms with Crippen LogP contribution in [0.3, 0.4) is 0 Å². The predicted molar refractivity (Wildman–Crippen MR) is 238 cm³/mol. The van der Waals surface area contributed by atoms with Crippen LogP contribution in [0.15, 0.2) is 115 Å². The smallest absolute Gasteiger partial charge is 0 e. The van der Waals surface area contributed by atoms with Crippen molar-refractivity contribution >= 4 is 28.7 Å². The monoisotopic (exact) mass is 993 g/mol. The van der Waals surface area contributed by atoms with Crippen LogP contribution in [-0.2, 0) is 25.5 Å². The molecular formula is C51H55GeIrN3O-2. The fourth-order valence-corrected chi connectivity index (χ4v) is 11.3. The van der Waals surface area contributed by atoms with E-state index in [0.29, 0.717) is 11.8 Å². The summed E-state index contributed by atoms with van der Waals surface area (Å²) in [6.45, 7) is 17.5. The average Bonchev–Trinajstić information content (AvgIpc) is 3.56. The van der Waals surface area contributed by atoms with E-state index in [-0.39, 0.29) is 25.5 Å². The summed E-state index contributed by atoms with van der Waals surface area (Å²) in [5.41, 5.74) is 12.0. The molecule has 0 amide bonds. The number of ether oxygens (including phenoxy) is 1. The van der Waals surface area contributed by atoms with Gasteiger partial charge in [-0.05, 0) is 41.2 Å². The Morgan fingerprint density at radius 1 is 0.737 bits per heavy atom. The van der Waals surface area contributed by atoms with Crippen LogP contribution in [0.4, 0.5) is 0 Å². The first-order valence-corrected chi connectivity index (χ1v) is 27.2. The van der Waals surface area contributed by atoms with Gasteiger partial charge < -0.3 is 9.30 Å². The second kappa shape index (κ2) is 16.9. The van der Waals surface area contributed by atoms with Gasteiger partial charge in [0.25, 0.3) is 0 Å². The molecule has 8 rings (SSSR count). The van der Waals surface area contributed by atoms with E-state index in [9.17, 15) is 0 Å². The molecule has 0 saturated carbocycles. The molecule has 295 valence electrons. The zero-order chi connectivity index (χ0) is 40.9. The largest absolute Gasteiger partial charge is 0 e. The topological polar surface area (TPSA) is 39.9 Å². The minimum absolute atomic E-state index is 0. The molecule has 7 aromatic rings. The van der Waals surface area contributed by atoms with Gasteiger partial charge >= 0.3 is 120 Å². The molecular weight excluding hydrogens is 935 g/mol. The summed E-state index contributed by atoms with van der Waals surface area (Å²) in [5, 5.41) is 0. The molecule has 0 bridgehead atoms. The van der Waals surface area contributed by atoms with E-state index in [1.54, 1.807) is 0 Å². The van der Waals surface area contributed by atoms with Gasteiger partial charge in [0.2, 0.25) is 0 Å². The molecule has 0 aliphatic carbocycles. The second-order valence-electron chi connectivity index (χ2n) is 17.3. The Bertz CT molecular complexity index is 2540. The number of para-hydroxylation sites is 4. The Hall–Kier alpha value is -4.29. The number of pyridine rings is 1. The van der Waals surface area contributed by atoms with Gasteiger partial charge in [-0.1, -0.05) is 101 Å². The van der Waals surface area contributed by atoms with E-state index < -0.39 is 19.2 Å². The minimum atomic E-state index is -2.03. The number of aromatic nitrogens is 3. The SMILES string of the molecule is CC(C)c1cccc(C(C)C)c1-n1c(-c2[c-]ccc3c2Oc2ccccc2C3(C)C)nc2ccccc21.[2H]C(C)(C)c1cc(-c2[c-]cccc2)nc[c]1[Ge]([CH3])([CH3])[CH3].[Ir]. The average molecular weight is 992 g/mol. The standard InChI is InChI=1S/C34H33N2O.C17H22GeN.Ir/c1-21(2)23-13-11-14-24(22(3)4)31(23)36-29-19-9-8-18-28(29)35-33(36)25-15-12-17-27-32(25)37-30-20-10-7-16-26(30)34(27,5)6;1-13(2)15-11-17(14-9-7-6-8-10-14)19-12-16(15)18(3,4)5;/h7-14,16-22H,1-6H3;6-9,11-13H,1-5H3;/q2*-1;/i;13D;. The van der Waals surface area contributed by atoms with Gasteiger partial charge in [0, 0.05) is 42.5 Å². The number of fused-ring (bicyclic) bond motifs is 3. The van der Waals surface area contributed by atoms with Gasteiger partial charge in [-0.25, -0.2) is 0 Å². The van der Waals surface area contributed by atoms with Crippen LogP contribution in [0.25, 0.3) is 39.4 Å². The molecule has 0 atom stereocenters. The third kappa shape index (κ3) is 8.22. The third-order valence-electron chi connectivity index (χ3n) is 11.0. The summed E-state index contributed by atoms with van der Waals surface area (Å²) in [7, 11) is 0. The van der Waals surface area contributed by atoms with Crippen molar-refractivity contribution in [1.82, 2.24) is 14.5 Å². The van der Waals surface area contributed by atoms with Gasteiger partial charge in [0.05, 0.1) is 16.9 Å². The summed E-state index contributed by atoms with van der Waals surface area (Å²) in [6.07, 6.45) is 2.00. The summed E-state index contributed by atoms with van der Waals surface area (Å²) in [5.74, 6) is 9.77. The molecule has 0 saturated heterocycles. The van der Waals surface area contributed by atoms with Crippen molar-refractivity contribution in [3.63, 3.8) is 0 Å². The van der Waals surface area contributed by atoms with E-state index in [4.69, 9.17) is 11.1 Å². The van der Waals surface area contributed by atoms with Gasteiger partial charge in [-0.2, -0.15) is 0 Å². The summed E-state index contributed by atoms with van der Waals surface area (Å²) in [6, 6.07) is 44.3. The number of benzene rings is 5. The number of imidazole rings is 1. The first kappa shape index (κ1) is 40.9. The zero-order valence-corrected chi connectivity index (χ0v) is 39.7. The Kier molecular flexibility index (Phi) is 12.1. The van der Waals surface area contributed by atoms with Crippen LogP contribution >= 0.6 is 0 Å². The second-order valence-corrected chi connectivity index (χ2v) is 27.9. The first-order chi connectivity index (χ1) is 27.0. The molecule has 6 heteroatoms. The van der Waals surface area contributed by atoms with E-state index in [1.165, 1.54) is 26.8 Å². The number of rotatable bonds is 7. The van der Waals surface area contributed by atoms with Crippen molar-refractivity contribution < 1.29 is 26.2 Å². The summed E-state index contributed by atoms with van der Waals surface area (Å²) >= 11 is -2.03. The van der Waals surface area contributed by atoms with Gasteiger partial charge in [0.1, 0.15) is 5.75 Å². The molecule has 4 nitrogen and oxygen atoms in total. The first-order valence-electron chi connectivity index (χ1n) is 20.4. The molecule has 0 N–H and O–H groups in total. The van der Waals surface area contributed by atoms with Crippen LogP contribution in [0.5, 0.6) is 11.5 Å². The Morgan fingerprint density at radius 2 is 1.40 bits per heavy atom. The molecule has 0 unspecified atom stereocenters. The Morgan fingerprint density at radius 3 is 2.05 bits per heavy atom. The predicted octanol–water partition coefficient (Wildman–Crippen LogP) is 13.4. The summed E-state index contributed by atoms with van der Waals surface area (Å²) in [4.78, 5) is 9.85. The molecule has 1 radical (unpaired) electrons. The van der Waals surface area contributed by atoms with E-state index in [0.717, 1.165) is 56.3 Å². The molecule has 5 aromatic carbocycles. The van der Waals surface area contributed by atoms with Crippen LogP contribution < -0.4 is 9.13 Å². The molecule has 0 spiro atoms. The minimum Gasteiger partial charge on any atom is 0 e. The Labute approximate surface area is 358 Å². The van der Waals surface area contributed by atoms with Crippen LogP contribution in [0.1, 0.15) is 102 Å². The van der Waals surface area contributed by atoms with Crippen molar-refractivity contribution in [2.75, 3.05) is 0 Å². The molecule has 1 aliphatic heterocycles. The quantitative estimate of drug-likeness (QED) is 0.118. The maximum Gasteiger partial charge on any atom is 0 e. The maximum absolute atomic E-state index is 8.44. The van der Waals surface area contributed by atoms with E-state index >= 15 is 0 Å². The van der Waals surface area contributed by atoms with Gasteiger partial charge in [0.15, 0.2) is 0 Å². The van der Waals surface area contributed by atoms with Crippen molar-refractivity contribution in [1.29, 1.82) is 0 Å². The molecule has 1 aliphatic rings. The fourth-order valence-electron chi connectivity index (χ4n) is 7.93. The van der Waals surface area contributed by atoms with Crippen molar-refractivity contribution in [2.45, 2.75) is 95.8 Å². The maximum atomic E-state index is 8.44. The molecule has 2 aromatic heterocycles. The molecule has 57 heavy (non-hydrogen) atoms. The third-order valence-corrected chi connectivity index (χ3v) is 15.2. The number of nitrogens with zero attached hydrogens (tertiary/aromatic N) is 3. The van der Waals surface area contributed by atoms with Crippen LogP contribution in [0, 0.1) is 12.1 Å². The van der Waals surface area contributed by atoms with Crippen molar-refractivity contribution in [2.24, 2.45) is 0 Å². The Balaban J connectivity index is 0.000000230. The molecule has 3 heterocycles. The number of hydrogen-bond donors (Lipinski definition) is 0. The number of hydrogen-bond acceptors (Lipinski definition) is 3. The summed E-state index contributed by atoms with van der Waals surface area (Å²) < 4.78 is 18.8. The van der Waals surface area contributed by atoms with Crippen molar-refractivity contribution in [3.05, 3.63) is 155 Å². The normalized spacial score (nSPS) is 13.5. The molecule has 0 fully saturated rings. The van der Waals surface area contributed by atoms with Gasteiger partial charge in [-0.3, -0.25) is 4.98 Å². The van der Waals surface area contributed by atoms with Crippen LogP contribution in [0.2, 0.25) is 17.3 Å². The van der Waals surface area contributed by atoms with E-state index in [1.807, 2.05) is 56.4 Å². The van der Waals surface area contributed by atoms with Crippen LogP contribution in [-0.4, -0.2) is 27.8 Å². The van der Waals surface area contributed by atoms with E-state index in [2.05, 4.69) is 153 Å². The van der Waals surface area contributed by atoms with Gasteiger partial charge in [-0.15, -0.1) is 18.2 Å².